The van der Waals surface area contributed by atoms with Gasteiger partial charge in [-0.2, -0.15) is 4.31 Å². The van der Waals surface area contributed by atoms with Crippen molar-refractivity contribution < 1.29 is 13.2 Å². The fraction of sp³-hybridized carbons (Fsp3) is 0.571. The SMILES string of the molecule is CCOc1ccc(S(=O)(=O)N2CCCCC2)c(C)c1. The first-order valence-electron chi connectivity index (χ1n) is 6.79. The molecule has 0 saturated carbocycles. The van der Waals surface area contributed by atoms with E-state index in [1.165, 1.54) is 0 Å². The van der Waals surface area contributed by atoms with Gasteiger partial charge in [0.25, 0.3) is 0 Å². The maximum atomic E-state index is 12.6. The predicted octanol–water partition coefficient (Wildman–Crippen LogP) is 2.57. The van der Waals surface area contributed by atoms with E-state index >= 15 is 0 Å². The Bertz CT molecular complexity index is 534. The van der Waals surface area contributed by atoms with E-state index in [0.717, 1.165) is 30.6 Å². The molecule has 1 saturated heterocycles. The first-order valence-corrected chi connectivity index (χ1v) is 8.23. The number of hydrogen-bond donors (Lipinski definition) is 0. The van der Waals surface area contributed by atoms with Gasteiger partial charge in [-0.1, -0.05) is 6.42 Å². The second kappa shape index (κ2) is 5.92. The molecule has 1 fully saturated rings. The van der Waals surface area contributed by atoms with Gasteiger partial charge >= 0.3 is 0 Å². The summed E-state index contributed by atoms with van der Waals surface area (Å²) < 4.78 is 32.1. The molecule has 2 rings (SSSR count). The molecular weight excluding hydrogens is 262 g/mol. The summed E-state index contributed by atoms with van der Waals surface area (Å²) in [6.45, 7) is 5.58. The third-order valence-corrected chi connectivity index (χ3v) is 5.45. The number of ether oxygens (including phenoxy) is 1. The Morgan fingerprint density at radius 1 is 1.21 bits per heavy atom. The molecule has 0 amide bonds. The molecule has 106 valence electrons. The zero-order chi connectivity index (χ0) is 13.9. The van der Waals surface area contributed by atoms with Gasteiger partial charge in [0.05, 0.1) is 11.5 Å². The molecule has 0 unspecified atom stereocenters. The normalized spacial score (nSPS) is 17.4. The number of hydrogen-bond acceptors (Lipinski definition) is 3. The van der Waals surface area contributed by atoms with Crippen molar-refractivity contribution in [1.82, 2.24) is 4.31 Å². The summed E-state index contributed by atoms with van der Waals surface area (Å²) in [6, 6.07) is 5.18. The summed E-state index contributed by atoms with van der Waals surface area (Å²) in [7, 11) is -3.35. The topological polar surface area (TPSA) is 46.6 Å². The molecule has 0 atom stereocenters. The molecule has 0 radical (unpaired) electrons. The standard InChI is InChI=1S/C14H21NO3S/c1-3-18-13-7-8-14(12(2)11-13)19(16,17)15-9-5-4-6-10-15/h7-8,11H,3-6,9-10H2,1-2H3. The summed E-state index contributed by atoms with van der Waals surface area (Å²) in [5.41, 5.74) is 0.747. The van der Waals surface area contributed by atoms with Crippen molar-refractivity contribution in [3.63, 3.8) is 0 Å². The van der Waals surface area contributed by atoms with E-state index < -0.39 is 10.0 Å². The minimum absolute atomic E-state index is 0.401. The van der Waals surface area contributed by atoms with Crippen LogP contribution >= 0.6 is 0 Å². The Kier molecular flexibility index (Phi) is 4.47. The fourth-order valence-corrected chi connectivity index (χ4v) is 4.14. The average Bonchev–Trinajstić information content (AvgIpc) is 2.40. The van der Waals surface area contributed by atoms with Gasteiger partial charge in [0.2, 0.25) is 10.0 Å². The van der Waals surface area contributed by atoms with Crippen molar-refractivity contribution >= 4 is 10.0 Å². The van der Waals surface area contributed by atoms with Crippen molar-refractivity contribution in [3.05, 3.63) is 23.8 Å². The summed E-state index contributed by atoms with van der Waals surface area (Å²) >= 11 is 0. The third kappa shape index (κ3) is 3.09. The van der Waals surface area contributed by atoms with E-state index in [0.29, 0.717) is 24.6 Å². The van der Waals surface area contributed by atoms with Crippen LogP contribution in [0.1, 0.15) is 31.7 Å². The second-order valence-corrected chi connectivity index (χ2v) is 6.73. The number of piperidine rings is 1. The Balaban J connectivity index is 2.29. The molecule has 4 nitrogen and oxygen atoms in total. The summed E-state index contributed by atoms with van der Waals surface area (Å²) in [4.78, 5) is 0.401. The molecule has 0 aliphatic carbocycles. The van der Waals surface area contributed by atoms with Gasteiger partial charge in [0.1, 0.15) is 5.75 Å². The lowest BCUT2D eigenvalue weighted by Gasteiger charge is -2.26. The fourth-order valence-electron chi connectivity index (χ4n) is 2.41. The van der Waals surface area contributed by atoms with Crippen LogP contribution in [0.2, 0.25) is 0 Å². The minimum Gasteiger partial charge on any atom is -0.494 e. The molecular formula is C14H21NO3S. The molecule has 1 aromatic carbocycles. The minimum atomic E-state index is -3.35. The first-order chi connectivity index (χ1) is 9.05. The van der Waals surface area contributed by atoms with Crippen LogP contribution in [0.5, 0.6) is 5.75 Å². The third-order valence-electron chi connectivity index (χ3n) is 3.39. The van der Waals surface area contributed by atoms with Gasteiger partial charge in [-0.15, -0.1) is 0 Å². The average molecular weight is 283 g/mol. The van der Waals surface area contributed by atoms with Crippen LogP contribution in [0.4, 0.5) is 0 Å². The monoisotopic (exact) mass is 283 g/mol. The summed E-state index contributed by atoms with van der Waals surface area (Å²) in [5, 5.41) is 0. The lowest BCUT2D eigenvalue weighted by molar-refractivity contribution is 0.339. The van der Waals surface area contributed by atoms with E-state index in [4.69, 9.17) is 4.74 Å². The lowest BCUT2D eigenvalue weighted by Crippen LogP contribution is -2.35. The predicted molar refractivity (Wildman–Crippen MR) is 75.0 cm³/mol. The Morgan fingerprint density at radius 3 is 2.47 bits per heavy atom. The molecule has 19 heavy (non-hydrogen) atoms. The first kappa shape index (κ1) is 14.3. The van der Waals surface area contributed by atoms with Crippen LogP contribution in [0.15, 0.2) is 23.1 Å². The molecule has 0 N–H and O–H groups in total. The van der Waals surface area contributed by atoms with E-state index in [1.54, 1.807) is 22.5 Å². The summed E-state index contributed by atoms with van der Waals surface area (Å²) in [6.07, 6.45) is 3.03. The van der Waals surface area contributed by atoms with Gasteiger partial charge in [-0.3, -0.25) is 0 Å². The van der Waals surface area contributed by atoms with Gasteiger partial charge in [-0.05, 0) is 50.5 Å². The smallest absolute Gasteiger partial charge is 0.243 e. The molecule has 0 aromatic heterocycles. The Labute approximate surface area is 115 Å². The molecule has 0 spiro atoms. The second-order valence-electron chi connectivity index (χ2n) is 4.83. The van der Waals surface area contributed by atoms with Crippen molar-refractivity contribution in [1.29, 1.82) is 0 Å². The molecule has 1 heterocycles. The highest BCUT2D eigenvalue weighted by atomic mass is 32.2. The molecule has 1 aliphatic heterocycles. The Hall–Kier alpha value is -1.07. The summed E-state index contributed by atoms with van der Waals surface area (Å²) in [5.74, 6) is 0.720. The van der Waals surface area contributed by atoms with Crippen molar-refractivity contribution in [2.75, 3.05) is 19.7 Å². The van der Waals surface area contributed by atoms with E-state index in [2.05, 4.69) is 0 Å². The maximum Gasteiger partial charge on any atom is 0.243 e. The zero-order valence-electron chi connectivity index (χ0n) is 11.6. The quantitative estimate of drug-likeness (QED) is 0.853. The highest BCUT2D eigenvalue weighted by Gasteiger charge is 2.27. The van der Waals surface area contributed by atoms with Crippen molar-refractivity contribution in [3.8, 4) is 5.75 Å². The number of rotatable bonds is 4. The van der Waals surface area contributed by atoms with E-state index in [1.807, 2.05) is 13.8 Å². The van der Waals surface area contributed by atoms with Gasteiger partial charge in [-0.25, -0.2) is 8.42 Å². The van der Waals surface area contributed by atoms with E-state index in [-0.39, 0.29) is 0 Å². The number of benzene rings is 1. The molecule has 1 aliphatic rings. The van der Waals surface area contributed by atoms with Gasteiger partial charge in [0.15, 0.2) is 0 Å². The molecule has 1 aromatic rings. The van der Waals surface area contributed by atoms with E-state index in [9.17, 15) is 8.42 Å². The highest BCUT2D eigenvalue weighted by Crippen LogP contribution is 2.26. The lowest BCUT2D eigenvalue weighted by atomic mass is 10.2. The van der Waals surface area contributed by atoms with Crippen LogP contribution < -0.4 is 4.74 Å². The van der Waals surface area contributed by atoms with Crippen LogP contribution in [0.3, 0.4) is 0 Å². The number of nitrogens with zero attached hydrogens (tertiary/aromatic N) is 1. The molecule has 5 heteroatoms. The van der Waals surface area contributed by atoms with Gasteiger partial charge < -0.3 is 4.74 Å². The highest BCUT2D eigenvalue weighted by molar-refractivity contribution is 7.89. The number of aryl methyl sites for hydroxylation is 1. The van der Waals surface area contributed by atoms with Crippen LogP contribution in [-0.2, 0) is 10.0 Å². The molecule has 0 bridgehead atoms. The Morgan fingerprint density at radius 2 is 1.89 bits per heavy atom. The van der Waals surface area contributed by atoms with Crippen LogP contribution in [0.25, 0.3) is 0 Å². The van der Waals surface area contributed by atoms with Crippen molar-refractivity contribution in [2.24, 2.45) is 0 Å². The van der Waals surface area contributed by atoms with Crippen LogP contribution in [-0.4, -0.2) is 32.4 Å². The number of sulfonamides is 1. The largest absolute Gasteiger partial charge is 0.494 e. The van der Waals surface area contributed by atoms with Gasteiger partial charge in [0, 0.05) is 13.1 Å². The maximum absolute atomic E-state index is 12.6. The zero-order valence-corrected chi connectivity index (χ0v) is 12.4. The van der Waals surface area contributed by atoms with Crippen molar-refractivity contribution in [2.45, 2.75) is 38.0 Å². The van der Waals surface area contributed by atoms with Crippen LogP contribution in [0, 0.1) is 6.92 Å².